The van der Waals surface area contributed by atoms with Crippen molar-refractivity contribution < 1.29 is 9.53 Å². The van der Waals surface area contributed by atoms with Crippen LogP contribution in [-0.2, 0) is 25.7 Å². The van der Waals surface area contributed by atoms with Gasteiger partial charge in [0, 0.05) is 61.6 Å². The fourth-order valence-corrected chi connectivity index (χ4v) is 5.65. The molecule has 0 unspecified atom stereocenters. The van der Waals surface area contributed by atoms with Crippen LogP contribution in [0.3, 0.4) is 0 Å². The average molecular weight is 556 g/mol. The van der Waals surface area contributed by atoms with Gasteiger partial charge in [-0.1, -0.05) is 13.8 Å². The minimum atomic E-state index is -0.134. The van der Waals surface area contributed by atoms with Gasteiger partial charge in [0.05, 0.1) is 35.4 Å². The number of nitrogens with zero attached hydrogens (tertiary/aromatic N) is 6. The van der Waals surface area contributed by atoms with E-state index in [1.54, 1.807) is 7.11 Å². The molecule has 1 aromatic carbocycles. The molecule has 11 nitrogen and oxygen atoms in total. The van der Waals surface area contributed by atoms with E-state index in [1.807, 2.05) is 42.9 Å². The number of rotatable bonds is 8. The van der Waals surface area contributed by atoms with Crippen LogP contribution in [0.25, 0.3) is 5.82 Å². The number of anilines is 4. The lowest BCUT2D eigenvalue weighted by atomic mass is 10.0. The molecule has 0 atom stereocenters. The van der Waals surface area contributed by atoms with Crippen LogP contribution in [0.1, 0.15) is 46.9 Å². The van der Waals surface area contributed by atoms with E-state index in [9.17, 15) is 4.79 Å². The van der Waals surface area contributed by atoms with Gasteiger partial charge in [-0.15, -0.1) is 0 Å². The lowest BCUT2D eigenvalue weighted by molar-refractivity contribution is 0.102. The third-order valence-electron chi connectivity index (χ3n) is 8.08. The van der Waals surface area contributed by atoms with Gasteiger partial charge >= 0.3 is 0 Å². The highest BCUT2D eigenvalue weighted by Crippen LogP contribution is 2.33. The van der Waals surface area contributed by atoms with Crippen molar-refractivity contribution in [1.29, 1.82) is 0 Å². The molecule has 2 aliphatic heterocycles. The van der Waals surface area contributed by atoms with E-state index in [0.29, 0.717) is 11.5 Å². The van der Waals surface area contributed by atoms with Crippen LogP contribution in [0.5, 0.6) is 5.75 Å². The summed E-state index contributed by atoms with van der Waals surface area (Å²) in [5, 5.41) is 13.9. The van der Waals surface area contributed by atoms with Gasteiger partial charge in [0.2, 0.25) is 5.95 Å². The quantitative estimate of drug-likeness (QED) is 0.299. The summed E-state index contributed by atoms with van der Waals surface area (Å²) in [6, 6.07) is 8.06. The van der Waals surface area contributed by atoms with Crippen molar-refractivity contribution >= 4 is 28.9 Å². The highest BCUT2D eigenvalue weighted by atomic mass is 16.5. The topological polar surface area (TPSA) is 116 Å². The van der Waals surface area contributed by atoms with Gasteiger partial charge in [0.25, 0.3) is 5.91 Å². The molecular weight excluding hydrogens is 518 g/mol. The minimum Gasteiger partial charge on any atom is -0.494 e. The number of carbonyl (C=O) groups is 1. The number of ether oxygens (including phenoxy) is 1. The third-order valence-corrected chi connectivity index (χ3v) is 8.08. The number of H-pyrrole nitrogens is 1. The molecule has 1 fully saturated rings. The molecule has 4 aromatic rings. The Bertz CT molecular complexity index is 1540. The molecule has 41 heavy (non-hydrogen) atoms. The fourth-order valence-electron chi connectivity index (χ4n) is 5.65. The summed E-state index contributed by atoms with van der Waals surface area (Å²) in [5.41, 5.74) is 7.16. The summed E-state index contributed by atoms with van der Waals surface area (Å²) in [6.45, 7) is 8.13. The second-order valence-electron chi connectivity index (χ2n) is 10.6. The molecule has 6 rings (SSSR count). The number of nitrogens with one attached hydrogen (secondary N) is 3. The molecule has 0 saturated carbocycles. The van der Waals surface area contributed by atoms with Crippen LogP contribution in [0.2, 0.25) is 0 Å². The van der Waals surface area contributed by atoms with E-state index in [2.05, 4.69) is 54.8 Å². The van der Waals surface area contributed by atoms with Crippen LogP contribution in [0.4, 0.5) is 23.0 Å². The standard InChI is InChI=1S/C30H37N9O2/c1-5-22-27(23(6-2)36-35-22)33-29(40)21-11-12-39-25(21)10-7-19-18-31-30(34-28(19)39)32-24-9-8-20(17-26(24)41-4)38-15-13-37(3)14-16-38/h8-9,11-12,17-18H,5-7,10,13-16H2,1-4H3,(H,33,40)(H,35,36)(H,31,32,34). The zero-order valence-corrected chi connectivity index (χ0v) is 24.1. The van der Waals surface area contributed by atoms with Crippen molar-refractivity contribution in [3.8, 4) is 11.6 Å². The Kier molecular flexibility index (Phi) is 7.36. The van der Waals surface area contributed by atoms with Gasteiger partial charge in [-0.3, -0.25) is 9.89 Å². The first kappa shape index (κ1) is 26.8. The monoisotopic (exact) mass is 555 g/mol. The van der Waals surface area contributed by atoms with E-state index >= 15 is 0 Å². The molecule has 3 N–H and O–H groups in total. The maximum absolute atomic E-state index is 13.4. The van der Waals surface area contributed by atoms with Gasteiger partial charge < -0.3 is 29.7 Å². The van der Waals surface area contributed by atoms with E-state index in [-0.39, 0.29) is 5.91 Å². The normalized spacial score (nSPS) is 14.9. The SMILES string of the molecule is CCc1n[nH]c(CC)c1NC(=O)c1ccn2c1CCc1cnc(Nc3ccc(N4CCN(C)CC4)cc3OC)nc1-2. The number of piperazine rings is 1. The number of benzene rings is 1. The molecule has 0 aliphatic carbocycles. The van der Waals surface area contributed by atoms with E-state index in [4.69, 9.17) is 9.72 Å². The molecule has 1 saturated heterocycles. The van der Waals surface area contributed by atoms with Crippen LogP contribution in [0.15, 0.2) is 36.7 Å². The first-order valence-electron chi connectivity index (χ1n) is 14.3. The van der Waals surface area contributed by atoms with Crippen LogP contribution in [-0.4, -0.2) is 75.9 Å². The van der Waals surface area contributed by atoms with Gasteiger partial charge in [0.15, 0.2) is 0 Å². The summed E-state index contributed by atoms with van der Waals surface area (Å²) >= 11 is 0. The molecule has 5 heterocycles. The number of hydrogen-bond acceptors (Lipinski definition) is 8. The fraction of sp³-hybridized carbons (Fsp3) is 0.400. The second-order valence-corrected chi connectivity index (χ2v) is 10.6. The first-order chi connectivity index (χ1) is 20.0. The van der Waals surface area contributed by atoms with Gasteiger partial charge in [-0.05, 0) is 50.9 Å². The first-order valence-corrected chi connectivity index (χ1v) is 14.3. The summed E-state index contributed by atoms with van der Waals surface area (Å²) in [7, 11) is 3.83. The largest absolute Gasteiger partial charge is 0.494 e. The molecule has 11 heteroatoms. The van der Waals surface area contributed by atoms with Crippen LogP contribution >= 0.6 is 0 Å². The summed E-state index contributed by atoms with van der Waals surface area (Å²) in [5.74, 6) is 1.86. The Labute approximate surface area is 239 Å². The smallest absolute Gasteiger partial charge is 0.257 e. The Morgan fingerprint density at radius 1 is 1.10 bits per heavy atom. The Morgan fingerprint density at radius 3 is 2.68 bits per heavy atom. The minimum absolute atomic E-state index is 0.134. The van der Waals surface area contributed by atoms with Crippen molar-refractivity contribution in [2.24, 2.45) is 0 Å². The van der Waals surface area contributed by atoms with Crippen molar-refractivity contribution in [3.05, 3.63) is 64.9 Å². The maximum Gasteiger partial charge on any atom is 0.257 e. The molecular formula is C30H37N9O2. The van der Waals surface area contributed by atoms with E-state index < -0.39 is 0 Å². The van der Waals surface area contributed by atoms with Gasteiger partial charge in [0.1, 0.15) is 11.6 Å². The Hall–Kier alpha value is -4.38. The van der Waals surface area contributed by atoms with Crippen LogP contribution in [0, 0.1) is 0 Å². The Morgan fingerprint density at radius 2 is 1.93 bits per heavy atom. The highest BCUT2D eigenvalue weighted by Gasteiger charge is 2.25. The summed E-state index contributed by atoms with van der Waals surface area (Å²) < 4.78 is 7.74. The number of methoxy groups -OCH3 is 1. The number of aromatic amines is 1. The predicted octanol–water partition coefficient (Wildman–Crippen LogP) is 3.97. The number of amides is 1. The number of hydrogen-bond donors (Lipinski definition) is 3. The third kappa shape index (κ3) is 5.13. The number of aryl methyl sites for hydroxylation is 3. The highest BCUT2D eigenvalue weighted by molar-refractivity contribution is 6.06. The van der Waals surface area contributed by atoms with Crippen molar-refractivity contribution in [1.82, 2.24) is 29.6 Å². The number of aromatic nitrogens is 5. The number of carbonyl (C=O) groups excluding carboxylic acids is 1. The maximum atomic E-state index is 13.4. The second kappa shape index (κ2) is 11.2. The molecule has 0 spiro atoms. The van der Waals surface area contributed by atoms with Crippen molar-refractivity contribution in [3.63, 3.8) is 0 Å². The molecule has 0 bridgehead atoms. The van der Waals surface area contributed by atoms with E-state index in [0.717, 1.165) is 103 Å². The molecule has 0 radical (unpaired) electrons. The summed E-state index contributed by atoms with van der Waals surface area (Å²) in [4.78, 5) is 27.6. The molecule has 1 amide bonds. The zero-order chi connectivity index (χ0) is 28.5. The van der Waals surface area contributed by atoms with Gasteiger partial charge in [-0.25, -0.2) is 4.98 Å². The lowest BCUT2D eigenvalue weighted by Gasteiger charge is -2.34. The van der Waals surface area contributed by atoms with Gasteiger partial charge in [-0.2, -0.15) is 10.1 Å². The lowest BCUT2D eigenvalue weighted by Crippen LogP contribution is -2.44. The predicted molar refractivity (Wildman–Crippen MR) is 160 cm³/mol. The van der Waals surface area contributed by atoms with Crippen molar-refractivity contribution in [2.45, 2.75) is 39.5 Å². The van der Waals surface area contributed by atoms with Crippen LogP contribution < -0.4 is 20.3 Å². The average Bonchev–Trinajstić information content (AvgIpc) is 3.61. The Balaban J connectivity index is 1.24. The molecule has 214 valence electrons. The van der Waals surface area contributed by atoms with E-state index in [1.165, 1.54) is 0 Å². The summed E-state index contributed by atoms with van der Waals surface area (Å²) in [6.07, 6.45) is 6.78. The molecule has 2 aliphatic rings. The molecule has 3 aromatic heterocycles. The number of fused-ring (bicyclic) bond motifs is 3. The zero-order valence-electron chi connectivity index (χ0n) is 24.1. The number of likely N-dealkylation sites (N-methyl/N-ethyl adjacent to an activating group) is 1. The van der Waals surface area contributed by atoms with Crippen molar-refractivity contribution in [2.75, 3.05) is 55.9 Å².